The molecule has 0 radical (unpaired) electrons. The maximum atomic E-state index is 12.4. The summed E-state index contributed by atoms with van der Waals surface area (Å²) in [6, 6.07) is 16.5. The SMILES string of the molecule is CC(C)c1ccc(S(=O)(=O)NCc2ccc(-n3cccn3)cc2)cc1. The summed E-state index contributed by atoms with van der Waals surface area (Å²) < 4.78 is 29.2. The lowest BCUT2D eigenvalue weighted by Gasteiger charge is -2.10. The molecule has 130 valence electrons. The van der Waals surface area contributed by atoms with Gasteiger partial charge in [-0.25, -0.2) is 17.8 Å². The highest BCUT2D eigenvalue weighted by molar-refractivity contribution is 7.89. The van der Waals surface area contributed by atoms with E-state index in [1.54, 1.807) is 23.0 Å². The summed E-state index contributed by atoms with van der Waals surface area (Å²) in [5, 5.41) is 4.17. The van der Waals surface area contributed by atoms with Crippen LogP contribution in [0.25, 0.3) is 5.69 Å². The van der Waals surface area contributed by atoms with Gasteiger partial charge >= 0.3 is 0 Å². The van der Waals surface area contributed by atoms with E-state index in [4.69, 9.17) is 0 Å². The molecule has 3 aromatic rings. The first-order valence-corrected chi connectivity index (χ1v) is 9.62. The lowest BCUT2D eigenvalue weighted by molar-refractivity contribution is 0.581. The molecule has 0 saturated carbocycles. The average Bonchev–Trinajstić information content (AvgIpc) is 3.15. The fourth-order valence-electron chi connectivity index (χ4n) is 2.48. The van der Waals surface area contributed by atoms with Gasteiger partial charge in [-0.2, -0.15) is 5.10 Å². The van der Waals surface area contributed by atoms with Crippen molar-refractivity contribution in [3.8, 4) is 5.69 Å². The van der Waals surface area contributed by atoms with E-state index >= 15 is 0 Å². The summed E-state index contributed by atoms with van der Waals surface area (Å²) >= 11 is 0. The Balaban J connectivity index is 1.67. The van der Waals surface area contributed by atoms with Crippen LogP contribution in [0.1, 0.15) is 30.9 Å². The highest BCUT2D eigenvalue weighted by Crippen LogP contribution is 2.17. The summed E-state index contributed by atoms with van der Waals surface area (Å²) in [4.78, 5) is 0.282. The summed E-state index contributed by atoms with van der Waals surface area (Å²) in [7, 11) is -3.52. The maximum absolute atomic E-state index is 12.4. The molecule has 0 aliphatic rings. The smallest absolute Gasteiger partial charge is 0.240 e. The number of benzene rings is 2. The molecule has 0 spiro atoms. The quantitative estimate of drug-likeness (QED) is 0.736. The molecule has 3 rings (SSSR count). The van der Waals surface area contributed by atoms with Crippen molar-refractivity contribution >= 4 is 10.0 Å². The van der Waals surface area contributed by atoms with Gasteiger partial charge in [0.15, 0.2) is 0 Å². The van der Waals surface area contributed by atoms with Gasteiger partial charge in [0.25, 0.3) is 0 Å². The molecule has 2 aromatic carbocycles. The minimum atomic E-state index is -3.52. The van der Waals surface area contributed by atoms with Crippen LogP contribution in [0.4, 0.5) is 0 Å². The van der Waals surface area contributed by atoms with Gasteiger partial charge in [0.05, 0.1) is 10.6 Å². The number of hydrogen-bond donors (Lipinski definition) is 1. The van der Waals surface area contributed by atoms with Crippen molar-refractivity contribution in [3.63, 3.8) is 0 Å². The van der Waals surface area contributed by atoms with E-state index in [1.165, 1.54) is 0 Å². The van der Waals surface area contributed by atoms with Gasteiger partial charge in [0.1, 0.15) is 0 Å². The van der Waals surface area contributed by atoms with E-state index < -0.39 is 10.0 Å². The molecule has 0 aliphatic carbocycles. The summed E-state index contributed by atoms with van der Waals surface area (Å²) in [5.74, 6) is 0.373. The first kappa shape index (κ1) is 17.4. The van der Waals surface area contributed by atoms with Gasteiger partial charge in [-0.3, -0.25) is 0 Å². The Kier molecular flexibility index (Phi) is 5.01. The van der Waals surface area contributed by atoms with Crippen LogP contribution in [-0.2, 0) is 16.6 Å². The fraction of sp³-hybridized carbons (Fsp3) is 0.211. The van der Waals surface area contributed by atoms with Crippen molar-refractivity contribution in [2.75, 3.05) is 0 Å². The average molecular weight is 355 g/mol. The molecule has 0 unspecified atom stereocenters. The third-order valence-corrected chi connectivity index (χ3v) is 5.45. The summed E-state index contributed by atoms with van der Waals surface area (Å²) in [6.45, 7) is 4.40. The number of nitrogens with zero attached hydrogens (tertiary/aromatic N) is 2. The van der Waals surface area contributed by atoms with E-state index in [0.29, 0.717) is 5.92 Å². The van der Waals surface area contributed by atoms with Crippen molar-refractivity contribution in [2.24, 2.45) is 0 Å². The van der Waals surface area contributed by atoms with E-state index in [-0.39, 0.29) is 11.4 Å². The van der Waals surface area contributed by atoms with Crippen LogP contribution in [0, 0.1) is 0 Å². The van der Waals surface area contributed by atoms with Crippen LogP contribution in [0.15, 0.2) is 71.9 Å². The highest BCUT2D eigenvalue weighted by Gasteiger charge is 2.14. The van der Waals surface area contributed by atoms with Gasteiger partial charge in [-0.15, -0.1) is 0 Å². The van der Waals surface area contributed by atoms with Crippen LogP contribution < -0.4 is 4.72 Å². The largest absolute Gasteiger partial charge is 0.241 e. The number of rotatable bonds is 6. The Morgan fingerprint density at radius 3 is 2.28 bits per heavy atom. The molecular weight excluding hydrogens is 334 g/mol. The lowest BCUT2D eigenvalue weighted by Crippen LogP contribution is -2.23. The molecule has 0 bridgehead atoms. The van der Waals surface area contributed by atoms with E-state index in [0.717, 1.165) is 16.8 Å². The minimum Gasteiger partial charge on any atom is -0.241 e. The molecule has 1 heterocycles. The van der Waals surface area contributed by atoms with Crippen LogP contribution >= 0.6 is 0 Å². The predicted molar refractivity (Wildman–Crippen MR) is 98.1 cm³/mol. The highest BCUT2D eigenvalue weighted by atomic mass is 32.2. The zero-order valence-electron chi connectivity index (χ0n) is 14.3. The third kappa shape index (κ3) is 4.15. The monoisotopic (exact) mass is 355 g/mol. The molecule has 0 aliphatic heterocycles. The maximum Gasteiger partial charge on any atom is 0.240 e. The van der Waals surface area contributed by atoms with E-state index in [2.05, 4.69) is 23.7 Å². The lowest BCUT2D eigenvalue weighted by atomic mass is 10.0. The van der Waals surface area contributed by atoms with Gasteiger partial charge in [-0.1, -0.05) is 38.1 Å². The second-order valence-electron chi connectivity index (χ2n) is 6.17. The zero-order valence-corrected chi connectivity index (χ0v) is 15.1. The first-order valence-electron chi connectivity index (χ1n) is 8.14. The van der Waals surface area contributed by atoms with Crippen molar-refractivity contribution < 1.29 is 8.42 Å². The summed E-state index contributed by atoms with van der Waals surface area (Å²) in [5.41, 5.74) is 2.94. The van der Waals surface area contributed by atoms with Crippen molar-refractivity contribution in [1.82, 2.24) is 14.5 Å². The first-order chi connectivity index (χ1) is 12.0. The molecule has 0 amide bonds. The Labute approximate surface area is 148 Å². The Morgan fingerprint density at radius 2 is 1.72 bits per heavy atom. The van der Waals surface area contributed by atoms with Crippen molar-refractivity contribution in [2.45, 2.75) is 31.2 Å². The number of sulfonamides is 1. The van der Waals surface area contributed by atoms with E-state index in [1.807, 2.05) is 48.7 Å². The van der Waals surface area contributed by atoms with Crippen LogP contribution in [0.3, 0.4) is 0 Å². The second kappa shape index (κ2) is 7.21. The molecule has 6 heteroatoms. The van der Waals surface area contributed by atoms with Gasteiger partial charge in [-0.05, 0) is 47.4 Å². The molecule has 25 heavy (non-hydrogen) atoms. The van der Waals surface area contributed by atoms with Crippen molar-refractivity contribution in [1.29, 1.82) is 0 Å². The van der Waals surface area contributed by atoms with Crippen molar-refractivity contribution in [3.05, 3.63) is 78.1 Å². The van der Waals surface area contributed by atoms with Crippen LogP contribution in [-0.4, -0.2) is 18.2 Å². The molecule has 1 aromatic heterocycles. The minimum absolute atomic E-state index is 0.244. The van der Waals surface area contributed by atoms with E-state index in [9.17, 15) is 8.42 Å². The van der Waals surface area contributed by atoms with Crippen LogP contribution in [0.5, 0.6) is 0 Å². The third-order valence-electron chi connectivity index (χ3n) is 4.03. The predicted octanol–water partition coefficient (Wildman–Crippen LogP) is 3.47. The number of nitrogens with one attached hydrogen (secondary N) is 1. The number of aromatic nitrogens is 2. The van der Waals surface area contributed by atoms with Gasteiger partial charge in [0, 0.05) is 18.9 Å². The normalized spacial score (nSPS) is 11.8. The second-order valence-corrected chi connectivity index (χ2v) is 7.93. The molecular formula is C19H21N3O2S. The van der Waals surface area contributed by atoms with Gasteiger partial charge in [0.2, 0.25) is 10.0 Å². The summed E-state index contributed by atoms with van der Waals surface area (Å²) in [6.07, 6.45) is 3.57. The Hall–Kier alpha value is -2.44. The Bertz CT molecular complexity index is 914. The molecule has 0 fully saturated rings. The molecule has 0 saturated heterocycles. The molecule has 0 atom stereocenters. The zero-order chi connectivity index (χ0) is 17.9. The Morgan fingerprint density at radius 1 is 1.04 bits per heavy atom. The van der Waals surface area contributed by atoms with Gasteiger partial charge < -0.3 is 0 Å². The standard InChI is InChI=1S/C19H21N3O2S/c1-15(2)17-6-10-19(11-7-17)25(23,24)21-14-16-4-8-18(9-5-16)22-13-3-12-20-22/h3-13,15,21H,14H2,1-2H3. The topological polar surface area (TPSA) is 64.0 Å². The molecule has 5 nitrogen and oxygen atoms in total. The fourth-order valence-corrected chi connectivity index (χ4v) is 3.50. The number of hydrogen-bond acceptors (Lipinski definition) is 3. The molecule has 1 N–H and O–H groups in total. The van der Waals surface area contributed by atoms with Crippen LogP contribution in [0.2, 0.25) is 0 Å².